The minimum absolute atomic E-state index is 0. The predicted octanol–water partition coefficient (Wildman–Crippen LogP) is 1.84. The quantitative estimate of drug-likeness (QED) is 0.225. The Morgan fingerprint density at radius 2 is 1.55 bits per heavy atom. The van der Waals surface area contributed by atoms with E-state index in [1.165, 1.54) is 56.1 Å². The van der Waals surface area contributed by atoms with Gasteiger partial charge in [-0.25, -0.2) is 4.79 Å². The van der Waals surface area contributed by atoms with E-state index >= 15 is 0 Å². The van der Waals surface area contributed by atoms with E-state index in [9.17, 15) is 9.59 Å². The van der Waals surface area contributed by atoms with Crippen LogP contribution in [0.3, 0.4) is 0 Å². The van der Waals surface area contributed by atoms with Crippen LogP contribution in [0, 0.1) is 5.41 Å². The Morgan fingerprint density at radius 3 is 2.12 bits per heavy atom. The minimum atomic E-state index is -0.484. The van der Waals surface area contributed by atoms with Crippen LogP contribution in [0.15, 0.2) is 54.6 Å². The lowest BCUT2D eigenvalue weighted by atomic mass is 9.68. The van der Waals surface area contributed by atoms with Gasteiger partial charge < -0.3 is 41.3 Å². The molecule has 2 bridgehead atoms. The van der Waals surface area contributed by atoms with E-state index in [-0.39, 0.29) is 24.4 Å². The van der Waals surface area contributed by atoms with Gasteiger partial charge in [-0.1, -0.05) is 42.5 Å². The minimum Gasteiger partial charge on any atom is -1.00 e. The molecule has 3 heterocycles. The third-order valence-corrected chi connectivity index (χ3v) is 8.86. The number of aryl methyl sites for hydroxylation is 1. The number of halogens is 1. The molecule has 2 amide bonds. The molecule has 1 N–H and O–H groups in total. The zero-order chi connectivity index (χ0) is 27.7. The van der Waals surface area contributed by atoms with Crippen molar-refractivity contribution in [2.45, 2.75) is 51.4 Å². The maximum absolute atomic E-state index is 13.4. The van der Waals surface area contributed by atoms with Crippen LogP contribution in [-0.2, 0) is 32.0 Å². The first-order valence-electron chi connectivity index (χ1n) is 14.0. The fourth-order valence-electron chi connectivity index (χ4n) is 6.10. The van der Waals surface area contributed by atoms with Crippen molar-refractivity contribution < 1.29 is 40.7 Å². The highest BCUT2D eigenvalue weighted by molar-refractivity contribution is 5.89. The summed E-state index contributed by atoms with van der Waals surface area (Å²) < 4.78 is 16.8. The molecule has 0 atom stereocenters. The number of hydrogen-bond acceptors (Lipinski definition) is 5. The number of anilines is 1. The Morgan fingerprint density at radius 1 is 0.925 bits per heavy atom. The number of carbonyl (C=O) groups excluding carboxylic acids is 2. The molecule has 3 saturated heterocycles. The zero-order valence-corrected chi connectivity index (χ0v) is 24.8. The van der Waals surface area contributed by atoms with Gasteiger partial charge in [-0.2, -0.15) is 0 Å². The summed E-state index contributed by atoms with van der Waals surface area (Å²) in [6.45, 7) is 5.77. The number of amides is 2. The molecule has 2 aromatic carbocycles. The number of piperidine rings is 3. The van der Waals surface area contributed by atoms with Gasteiger partial charge in [0.25, 0.3) is 0 Å². The molecule has 220 valence electrons. The number of fused-ring (bicyclic) bond motifs is 3. The van der Waals surface area contributed by atoms with E-state index < -0.39 is 6.29 Å². The second kappa shape index (κ2) is 14.8. The lowest BCUT2D eigenvalue weighted by molar-refractivity contribution is -0.957. The first-order chi connectivity index (χ1) is 18.9. The number of esters is 1. The maximum Gasteiger partial charge on any atom is 0.322 e. The van der Waals surface area contributed by atoms with Crippen molar-refractivity contribution >= 4 is 17.7 Å². The Bertz CT molecular complexity index is 1050. The third kappa shape index (κ3) is 8.43. The molecular formula is C31H44ClN3O5. The number of rotatable bonds is 13. The lowest BCUT2D eigenvalue weighted by Crippen LogP contribution is -3.00. The molecule has 0 aromatic heterocycles. The number of benzene rings is 2. The van der Waals surface area contributed by atoms with E-state index in [1.54, 1.807) is 14.2 Å². The van der Waals surface area contributed by atoms with E-state index in [1.807, 2.05) is 29.2 Å². The van der Waals surface area contributed by atoms with Gasteiger partial charge in [0.05, 0.1) is 33.3 Å². The standard InChI is InChI=1S/C31H43N3O5.ClH/c1-37-28(35)14-11-25-9-12-27(13-10-25)32-30(36)33(23-29(38-2)39-3)19-15-31-16-20-34(21-17-31,22-18-31)24-26-7-5-4-6-8-26;/h4-10,12-13,29H,11,14-24H2,1-3H3;1H. The molecule has 5 rings (SSSR count). The highest BCUT2D eigenvalue weighted by atomic mass is 35.5. The molecule has 0 aliphatic carbocycles. The Hall–Kier alpha value is -2.65. The second-order valence-corrected chi connectivity index (χ2v) is 11.2. The van der Waals surface area contributed by atoms with E-state index in [4.69, 9.17) is 14.2 Å². The molecule has 9 heteroatoms. The van der Waals surface area contributed by atoms with Crippen LogP contribution in [-0.4, -0.2) is 81.7 Å². The van der Waals surface area contributed by atoms with Gasteiger partial charge in [-0.3, -0.25) is 4.79 Å². The van der Waals surface area contributed by atoms with Gasteiger partial charge in [-0.15, -0.1) is 0 Å². The summed E-state index contributed by atoms with van der Waals surface area (Å²) >= 11 is 0. The van der Waals surface area contributed by atoms with Crippen molar-refractivity contribution in [1.29, 1.82) is 0 Å². The van der Waals surface area contributed by atoms with Crippen molar-refractivity contribution in [2.24, 2.45) is 5.41 Å². The van der Waals surface area contributed by atoms with E-state index in [0.717, 1.165) is 24.2 Å². The van der Waals surface area contributed by atoms with Gasteiger partial charge in [-0.05, 0) is 36.0 Å². The summed E-state index contributed by atoms with van der Waals surface area (Å²) in [5.41, 5.74) is 3.46. The molecule has 3 fully saturated rings. The third-order valence-electron chi connectivity index (χ3n) is 8.86. The highest BCUT2D eigenvalue weighted by Crippen LogP contribution is 2.47. The highest BCUT2D eigenvalue weighted by Gasteiger charge is 2.48. The van der Waals surface area contributed by atoms with Crippen LogP contribution in [0.5, 0.6) is 0 Å². The largest absolute Gasteiger partial charge is 1.00 e. The SMILES string of the molecule is COC(=O)CCc1ccc(NC(=O)N(CCC23CC[N+](Cc4ccccc4)(CC2)CC3)CC(OC)OC)cc1.[Cl-]. The van der Waals surface area contributed by atoms with Crippen LogP contribution >= 0.6 is 0 Å². The second-order valence-electron chi connectivity index (χ2n) is 11.2. The number of ether oxygens (including phenoxy) is 3. The van der Waals surface area contributed by atoms with Crippen LogP contribution in [0.1, 0.15) is 43.2 Å². The van der Waals surface area contributed by atoms with Crippen molar-refractivity contribution in [2.75, 3.05) is 59.4 Å². The van der Waals surface area contributed by atoms with Crippen LogP contribution in [0.4, 0.5) is 10.5 Å². The van der Waals surface area contributed by atoms with Gasteiger partial charge in [0.1, 0.15) is 6.54 Å². The monoisotopic (exact) mass is 573 g/mol. The molecule has 0 unspecified atom stereocenters. The summed E-state index contributed by atoms with van der Waals surface area (Å²) in [5, 5.41) is 3.04. The summed E-state index contributed by atoms with van der Waals surface area (Å²) in [7, 11) is 4.59. The van der Waals surface area contributed by atoms with Crippen LogP contribution < -0.4 is 17.7 Å². The smallest absolute Gasteiger partial charge is 0.322 e. The van der Waals surface area contributed by atoms with Crippen molar-refractivity contribution in [3.63, 3.8) is 0 Å². The van der Waals surface area contributed by atoms with Gasteiger partial charge >= 0.3 is 12.0 Å². The number of methoxy groups -OCH3 is 3. The van der Waals surface area contributed by atoms with Crippen LogP contribution in [0.25, 0.3) is 0 Å². The molecule has 40 heavy (non-hydrogen) atoms. The number of carbonyl (C=O) groups is 2. The molecule has 8 nitrogen and oxygen atoms in total. The molecule has 3 aliphatic rings. The van der Waals surface area contributed by atoms with E-state index in [0.29, 0.717) is 31.3 Å². The first kappa shape index (κ1) is 31.9. The van der Waals surface area contributed by atoms with Gasteiger partial charge in [0.2, 0.25) is 0 Å². The average Bonchev–Trinajstić information content (AvgIpc) is 2.98. The maximum atomic E-state index is 13.4. The molecule has 2 aromatic rings. The number of nitrogens with one attached hydrogen (secondary N) is 1. The normalized spacial score (nSPS) is 21.5. The number of urea groups is 1. The molecule has 3 aliphatic heterocycles. The summed E-state index contributed by atoms with van der Waals surface area (Å²) in [4.78, 5) is 26.6. The fraction of sp³-hybridized carbons (Fsp3) is 0.548. The number of nitrogens with zero attached hydrogens (tertiary/aromatic N) is 2. The average molecular weight is 574 g/mol. The zero-order valence-electron chi connectivity index (χ0n) is 24.1. The Kier molecular flexibility index (Phi) is 11.8. The predicted molar refractivity (Wildman–Crippen MR) is 151 cm³/mol. The Labute approximate surface area is 245 Å². The van der Waals surface area contributed by atoms with Gasteiger partial charge in [0.15, 0.2) is 6.29 Å². The Balaban J connectivity index is 0.00000441. The molecule has 0 spiro atoms. The summed E-state index contributed by atoms with van der Waals surface area (Å²) in [5.74, 6) is -0.231. The number of hydrogen-bond donors (Lipinski definition) is 1. The number of quaternary nitrogens is 1. The topological polar surface area (TPSA) is 77.1 Å². The molecule has 0 radical (unpaired) electrons. The first-order valence-corrected chi connectivity index (χ1v) is 14.0. The van der Waals surface area contributed by atoms with Crippen molar-refractivity contribution in [1.82, 2.24) is 4.90 Å². The van der Waals surface area contributed by atoms with E-state index in [2.05, 4.69) is 35.6 Å². The molecule has 0 saturated carbocycles. The summed E-state index contributed by atoms with van der Waals surface area (Å²) in [6.07, 6.45) is 5.06. The van der Waals surface area contributed by atoms with Gasteiger partial charge in [0, 0.05) is 57.7 Å². The summed E-state index contributed by atoms with van der Waals surface area (Å²) in [6, 6.07) is 18.3. The fourth-order valence-corrected chi connectivity index (χ4v) is 6.10. The van der Waals surface area contributed by atoms with Crippen molar-refractivity contribution in [3.05, 3.63) is 65.7 Å². The lowest BCUT2D eigenvalue weighted by Gasteiger charge is -2.55. The van der Waals surface area contributed by atoms with Crippen molar-refractivity contribution in [3.8, 4) is 0 Å². The van der Waals surface area contributed by atoms with Crippen LogP contribution in [0.2, 0.25) is 0 Å². The molecular weight excluding hydrogens is 530 g/mol.